The first-order chi connectivity index (χ1) is 13.3. The summed E-state index contributed by atoms with van der Waals surface area (Å²) in [5, 5.41) is 6.59. The van der Waals surface area contributed by atoms with Gasteiger partial charge in [0.1, 0.15) is 5.76 Å². The quantitative estimate of drug-likeness (QED) is 0.340. The predicted molar refractivity (Wildman–Crippen MR) is 108 cm³/mol. The summed E-state index contributed by atoms with van der Waals surface area (Å²) >= 11 is 0. The lowest BCUT2D eigenvalue weighted by Crippen LogP contribution is -2.40. The molecule has 1 aromatic heterocycles. The number of furan rings is 1. The van der Waals surface area contributed by atoms with Crippen molar-refractivity contribution in [3.05, 3.63) is 60.1 Å². The van der Waals surface area contributed by atoms with Crippen molar-refractivity contribution in [2.24, 2.45) is 4.99 Å². The van der Waals surface area contributed by atoms with Gasteiger partial charge in [0.05, 0.1) is 19.0 Å². The highest BCUT2D eigenvalue weighted by Crippen LogP contribution is 2.15. The Morgan fingerprint density at radius 2 is 1.89 bits per heavy atom. The van der Waals surface area contributed by atoms with Crippen LogP contribution in [0.5, 0.6) is 0 Å². The summed E-state index contributed by atoms with van der Waals surface area (Å²) in [6.07, 6.45) is 3.47. The molecule has 6 heteroatoms. The minimum absolute atomic E-state index is 0.0981. The lowest BCUT2D eigenvalue weighted by Gasteiger charge is -2.14. The molecule has 6 nitrogen and oxygen atoms in total. The molecule has 2 aromatic rings. The van der Waals surface area contributed by atoms with E-state index in [0.717, 1.165) is 31.1 Å². The first-order valence-corrected chi connectivity index (χ1v) is 9.49. The fraction of sp³-hybridized carbons (Fsp3) is 0.476. The second-order valence-corrected chi connectivity index (χ2v) is 6.18. The van der Waals surface area contributed by atoms with E-state index >= 15 is 0 Å². The standard InChI is InChI=1S/C21H31N3O3/c1-18(19-8-4-3-5-9-19)26-16-7-12-22-21(24-14-17-25-2)23-13-11-20-10-6-15-27-20/h3-6,8-10,15,18H,7,11-14,16-17H2,1-2H3,(H2,22,23,24). The summed E-state index contributed by atoms with van der Waals surface area (Å²) in [4.78, 5) is 4.61. The fourth-order valence-corrected chi connectivity index (χ4v) is 2.54. The van der Waals surface area contributed by atoms with Crippen LogP contribution in [0.1, 0.15) is 30.8 Å². The highest BCUT2D eigenvalue weighted by molar-refractivity contribution is 5.79. The Bertz CT molecular complexity index is 629. The van der Waals surface area contributed by atoms with Crippen molar-refractivity contribution in [3.8, 4) is 0 Å². The first kappa shape index (κ1) is 21.0. The van der Waals surface area contributed by atoms with Gasteiger partial charge in [-0.1, -0.05) is 30.3 Å². The van der Waals surface area contributed by atoms with Crippen molar-refractivity contribution < 1.29 is 13.9 Å². The molecule has 27 heavy (non-hydrogen) atoms. The Morgan fingerprint density at radius 3 is 2.63 bits per heavy atom. The van der Waals surface area contributed by atoms with E-state index in [9.17, 15) is 0 Å². The molecule has 0 spiro atoms. The van der Waals surface area contributed by atoms with Gasteiger partial charge in [0.15, 0.2) is 5.96 Å². The maximum Gasteiger partial charge on any atom is 0.191 e. The van der Waals surface area contributed by atoms with Gasteiger partial charge in [-0.2, -0.15) is 0 Å². The second kappa shape index (κ2) is 12.9. The summed E-state index contributed by atoms with van der Waals surface area (Å²) in [7, 11) is 1.69. The molecule has 2 rings (SSSR count). The lowest BCUT2D eigenvalue weighted by atomic mass is 10.1. The van der Waals surface area contributed by atoms with E-state index in [-0.39, 0.29) is 6.10 Å². The Kier molecular flexibility index (Phi) is 10.1. The van der Waals surface area contributed by atoms with E-state index in [1.54, 1.807) is 13.4 Å². The number of benzene rings is 1. The summed E-state index contributed by atoms with van der Waals surface area (Å²) in [5.74, 6) is 1.75. The number of methoxy groups -OCH3 is 1. The number of ether oxygens (including phenoxy) is 2. The zero-order valence-corrected chi connectivity index (χ0v) is 16.3. The molecule has 1 unspecified atom stereocenters. The zero-order chi connectivity index (χ0) is 19.2. The zero-order valence-electron chi connectivity index (χ0n) is 16.3. The molecule has 0 amide bonds. The average Bonchev–Trinajstić information content (AvgIpc) is 3.21. The Morgan fingerprint density at radius 1 is 1.07 bits per heavy atom. The van der Waals surface area contributed by atoms with Crippen LogP contribution in [-0.4, -0.2) is 45.9 Å². The SMILES string of the molecule is COCCNC(=NCCCOC(C)c1ccccc1)NCCc1ccco1. The molecular weight excluding hydrogens is 342 g/mol. The predicted octanol–water partition coefficient (Wildman–Crippen LogP) is 3.17. The van der Waals surface area contributed by atoms with E-state index in [4.69, 9.17) is 13.9 Å². The van der Waals surface area contributed by atoms with Crippen LogP contribution in [0.4, 0.5) is 0 Å². The van der Waals surface area contributed by atoms with Crippen LogP contribution < -0.4 is 10.6 Å². The van der Waals surface area contributed by atoms with Gasteiger partial charge in [-0.05, 0) is 31.0 Å². The third-order valence-corrected chi connectivity index (χ3v) is 4.05. The second-order valence-electron chi connectivity index (χ2n) is 6.18. The van der Waals surface area contributed by atoms with Gasteiger partial charge >= 0.3 is 0 Å². The number of aliphatic imine (C=N–C) groups is 1. The first-order valence-electron chi connectivity index (χ1n) is 9.49. The van der Waals surface area contributed by atoms with Crippen LogP contribution >= 0.6 is 0 Å². The molecule has 1 heterocycles. The molecule has 0 bridgehead atoms. The van der Waals surface area contributed by atoms with Gasteiger partial charge in [-0.3, -0.25) is 4.99 Å². The monoisotopic (exact) mass is 373 g/mol. The van der Waals surface area contributed by atoms with Crippen molar-refractivity contribution in [3.63, 3.8) is 0 Å². The topological polar surface area (TPSA) is 68.0 Å². The van der Waals surface area contributed by atoms with Crippen LogP contribution in [0, 0.1) is 0 Å². The van der Waals surface area contributed by atoms with Crippen LogP contribution in [-0.2, 0) is 15.9 Å². The molecular formula is C21H31N3O3. The number of nitrogens with zero attached hydrogens (tertiary/aromatic N) is 1. The highest BCUT2D eigenvalue weighted by Gasteiger charge is 2.04. The molecule has 0 saturated carbocycles. The van der Waals surface area contributed by atoms with Gasteiger partial charge in [0.2, 0.25) is 0 Å². The summed E-state index contributed by atoms with van der Waals surface area (Å²) < 4.78 is 16.3. The maximum absolute atomic E-state index is 5.90. The molecule has 1 atom stereocenters. The molecule has 1 aromatic carbocycles. The smallest absolute Gasteiger partial charge is 0.191 e. The van der Waals surface area contributed by atoms with Crippen LogP contribution in [0.3, 0.4) is 0 Å². The molecule has 2 N–H and O–H groups in total. The molecule has 0 saturated heterocycles. The number of hydrogen-bond donors (Lipinski definition) is 2. The Hall–Kier alpha value is -2.31. The van der Waals surface area contributed by atoms with E-state index in [2.05, 4.69) is 34.7 Å². The van der Waals surface area contributed by atoms with E-state index < -0.39 is 0 Å². The van der Waals surface area contributed by atoms with E-state index in [1.165, 1.54) is 5.56 Å². The van der Waals surface area contributed by atoms with Gasteiger partial charge in [-0.25, -0.2) is 0 Å². The van der Waals surface area contributed by atoms with Crippen molar-refractivity contribution >= 4 is 5.96 Å². The van der Waals surface area contributed by atoms with Gasteiger partial charge in [0.25, 0.3) is 0 Å². The molecule has 148 valence electrons. The van der Waals surface area contributed by atoms with Gasteiger partial charge in [0, 0.05) is 39.8 Å². The number of nitrogens with one attached hydrogen (secondary N) is 2. The largest absolute Gasteiger partial charge is 0.469 e. The Balaban J connectivity index is 1.68. The van der Waals surface area contributed by atoms with E-state index in [1.807, 2.05) is 30.3 Å². The van der Waals surface area contributed by atoms with Crippen molar-refractivity contribution in [2.75, 3.05) is 40.0 Å². The number of hydrogen-bond acceptors (Lipinski definition) is 4. The fourth-order valence-electron chi connectivity index (χ4n) is 2.54. The molecule has 0 aliphatic heterocycles. The lowest BCUT2D eigenvalue weighted by molar-refractivity contribution is 0.0652. The van der Waals surface area contributed by atoms with Crippen molar-refractivity contribution in [2.45, 2.75) is 25.9 Å². The Labute approximate surface area is 162 Å². The summed E-state index contributed by atoms with van der Waals surface area (Å²) in [6.45, 7) is 5.56. The third kappa shape index (κ3) is 8.75. The normalized spacial score (nSPS) is 12.7. The highest BCUT2D eigenvalue weighted by atomic mass is 16.5. The molecule has 0 radical (unpaired) electrons. The van der Waals surface area contributed by atoms with E-state index in [0.29, 0.717) is 26.3 Å². The minimum atomic E-state index is 0.0981. The molecule has 0 fully saturated rings. The minimum Gasteiger partial charge on any atom is -0.469 e. The number of rotatable bonds is 12. The maximum atomic E-state index is 5.90. The van der Waals surface area contributed by atoms with Crippen molar-refractivity contribution in [1.29, 1.82) is 0 Å². The van der Waals surface area contributed by atoms with Gasteiger partial charge in [-0.15, -0.1) is 0 Å². The molecule has 0 aliphatic rings. The number of guanidine groups is 1. The average molecular weight is 373 g/mol. The summed E-state index contributed by atoms with van der Waals surface area (Å²) in [6, 6.07) is 14.1. The van der Waals surface area contributed by atoms with Crippen LogP contribution in [0.15, 0.2) is 58.1 Å². The van der Waals surface area contributed by atoms with Crippen molar-refractivity contribution in [1.82, 2.24) is 10.6 Å². The third-order valence-electron chi connectivity index (χ3n) is 4.05. The summed E-state index contributed by atoms with van der Waals surface area (Å²) in [5.41, 5.74) is 1.20. The van der Waals surface area contributed by atoms with Crippen LogP contribution in [0.2, 0.25) is 0 Å². The van der Waals surface area contributed by atoms with Gasteiger partial charge < -0.3 is 24.5 Å². The molecule has 0 aliphatic carbocycles. The van der Waals surface area contributed by atoms with Crippen LogP contribution in [0.25, 0.3) is 0 Å².